The minimum atomic E-state index is 0.0179. The molecule has 17 heavy (non-hydrogen) atoms. The first-order chi connectivity index (χ1) is 8.36. The maximum atomic E-state index is 12.4. The van der Waals surface area contributed by atoms with Gasteiger partial charge in [-0.1, -0.05) is 24.3 Å². The van der Waals surface area contributed by atoms with Crippen molar-refractivity contribution in [2.45, 2.75) is 31.6 Å². The van der Waals surface area contributed by atoms with E-state index in [0.29, 0.717) is 12.4 Å². The molecule has 0 radical (unpaired) electrons. The highest BCUT2D eigenvalue weighted by atomic mass is 16.5. The fraction of sp³-hybridized carbons (Fsp3) is 0.400. The fourth-order valence-corrected chi connectivity index (χ4v) is 2.79. The second kappa shape index (κ2) is 4.36. The number of carbonyl (C=O) groups is 1. The molecule has 2 nitrogen and oxygen atoms in total. The summed E-state index contributed by atoms with van der Waals surface area (Å²) in [7, 11) is 0. The molecule has 0 saturated carbocycles. The van der Waals surface area contributed by atoms with Gasteiger partial charge in [0.25, 0.3) is 0 Å². The van der Waals surface area contributed by atoms with Crippen LogP contribution in [0.4, 0.5) is 0 Å². The molecule has 1 unspecified atom stereocenters. The van der Waals surface area contributed by atoms with Gasteiger partial charge in [0.1, 0.15) is 0 Å². The van der Waals surface area contributed by atoms with Gasteiger partial charge in [0.15, 0.2) is 5.76 Å². The highest BCUT2D eigenvalue weighted by Gasteiger charge is 2.29. The summed E-state index contributed by atoms with van der Waals surface area (Å²) in [5.74, 6) is 0.783. The Hall–Kier alpha value is -1.57. The third-order valence-electron chi connectivity index (χ3n) is 3.63. The Labute approximate surface area is 101 Å². The van der Waals surface area contributed by atoms with Gasteiger partial charge in [0, 0.05) is 6.42 Å². The number of fused-ring (bicyclic) bond motifs is 1. The molecule has 3 rings (SSSR count). The van der Waals surface area contributed by atoms with Gasteiger partial charge in [-0.05, 0) is 36.5 Å². The molecule has 1 heterocycles. The lowest BCUT2D eigenvalue weighted by Gasteiger charge is -2.24. The van der Waals surface area contributed by atoms with Gasteiger partial charge in [0.05, 0.1) is 12.5 Å². The smallest absolute Gasteiger partial charge is 0.204 e. The van der Waals surface area contributed by atoms with Gasteiger partial charge in [-0.15, -0.1) is 0 Å². The predicted octanol–water partition coefficient (Wildman–Crippen LogP) is 2.98. The third kappa shape index (κ3) is 1.88. The summed E-state index contributed by atoms with van der Waals surface area (Å²) < 4.78 is 5.39. The second-order valence-electron chi connectivity index (χ2n) is 4.71. The maximum absolute atomic E-state index is 12.4. The van der Waals surface area contributed by atoms with Crippen LogP contribution in [0.25, 0.3) is 0 Å². The van der Waals surface area contributed by atoms with Crippen LogP contribution in [0.2, 0.25) is 0 Å². The topological polar surface area (TPSA) is 26.3 Å². The molecule has 1 aromatic carbocycles. The second-order valence-corrected chi connectivity index (χ2v) is 4.71. The first-order valence-corrected chi connectivity index (χ1v) is 6.31. The van der Waals surface area contributed by atoms with Crippen LogP contribution in [0.1, 0.15) is 36.3 Å². The number of allylic oxidation sites excluding steroid dienone is 1. The van der Waals surface area contributed by atoms with Crippen molar-refractivity contribution in [1.82, 2.24) is 0 Å². The van der Waals surface area contributed by atoms with Crippen LogP contribution >= 0.6 is 0 Å². The number of carbonyl (C=O) groups excluding carboxylic acids is 1. The van der Waals surface area contributed by atoms with Crippen molar-refractivity contribution < 1.29 is 9.53 Å². The van der Waals surface area contributed by atoms with E-state index in [0.717, 1.165) is 25.7 Å². The van der Waals surface area contributed by atoms with Gasteiger partial charge < -0.3 is 4.74 Å². The van der Waals surface area contributed by atoms with Crippen LogP contribution < -0.4 is 0 Å². The average Bonchev–Trinajstić information content (AvgIpc) is 2.91. The zero-order chi connectivity index (χ0) is 11.7. The molecule has 2 heteroatoms. The van der Waals surface area contributed by atoms with Gasteiger partial charge in [-0.3, -0.25) is 4.79 Å². The van der Waals surface area contributed by atoms with Crippen molar-refractivity contribution in [3.63, 3.8) is 0 Å². The molecule has 1 aliphatic carbocycles. The van der Waals surface area contributed by atoms with E-state index >= 15 is 0 Å². The van der Waals surface area contributed by atoms with E-state index in [2.05, 4.69) is 18.2 Å². The van der Waals surface area contributed by atoms with E-state index in [4.69, 9.17) is 4.74 Å². The largest absolute Gasteiger partial charge is 0.490 e. The van der Waals surface area contributed by atoms with Crippen molar-refractivity contribution in [2.75, 3.05) is 6.61 Å². The molecule has 0 aromatic heterocycles. The zero-order valence-corrected chi connectivity index (χ0v) is 9.82. The first-order valence-electron chi connectivity index (χ1n) is 6.31. The number of benzene rings is 1. The first kappa shape index (κ1) is 10.6. The van der Waals surface area contributed by atoms with E-state index < -0.39 is 0 Å². The molecule has 0 N–H and O–H groups in total. The number of hydrogen-bond acceptors (Lipinski definition) is 2. The van der Waals surface area contributed by atoms with Crippen LogP contribution in [0.3, 0.4) is 0 Å². The number of ketones is 1. The van der Waals surface area contributed by atoms with Crippen molar-refractivity contribution in [1.29, 1.82) is 0 Å². The molecule has 88 valence electrons. The fourth-order valence-electron chi connectivity index (χ4n) is 2.79. The minimum Gasteiger partial charge on any atom is -0.490 e. The van der Waals surface area contributed by atoms with Crippen molar-refractivity contribution >= 4 is 5.78 Å². The monoisotopic (exact) mass is 228 g/mol. The molecule has 0 fully saturated rings. The van der Waals surface area contributed by atoms with E-state index in [1.54, 1.807) is 0 Å². The number of hydrogen-bond donors (Lipinski definition) is 0. The summed E-state index contributed by atoms with van der Waals surface area (Å²) in [4.78, 5) is 12.4. The van der Waals surface area contributed by atoms with Crippen LogP contribution in [0.5, 0.6) is 0 Å². The van der Waals surface area contributed by atoms with Crippen LogP contribution in [0.15, 0.2) is 36.1 Å². The van der Waals surface area contributed by atoms with Crippen LogP contribution in [-0.2, 0) is 16.0 Å². The molecule has 1 aliphatic heterocycles. The summed E-state index contributed by atoms with van der Waals surface area (Å²) in [5, 5.41) is 0. The Kier molecular flexibility index (Phi) is 2.71. The van der Waals surface area contributed by atoms with Gasteiger partial charge in [-0.25, -0.2) is 0 Å². The highest BCUT2D eigenvalue weighted by Crippen LogP contribution is 2.34. The summed E-state index contributed by atoms with van der Waals surface area (Å²) in [6.07, 6.45) is 5.95. The molecule has 1 aromatic rings. The molecular weight excluding hydrogens is 212 g/mol. The van der Waals surface area contributed by atoms with E-state index in [1.807, 2.05) is 12.1 Å². The highest BCUT2D eigenvalue weighted by molar-refractivity contribution is 5.99. The van der Waals surface area contributed by atoms with Crippen molar-refractivity contribution in [3.8, 4) is 0 Å². The quantitative estimate of drug-likeness (QED) is 0.777. The zero-order valence-electron chi connectivity index (χ0n) is 9.82. The van der Waals surface area contributed by atoms with E-state index in [9.17, 15) is 4.79 Å². The Morgan fingerprint density at radius 3 is 3.00 bits per heavy atom. The lowest BCUT2D eigenvalue weighted by Crippen LogP contribution is -2.20. The van der Waals surface area contributed by atoms with Gasteiger partial charge in [-0.2, -0.15) is 0 Å². The van der Waals surface area contributed by atoms with Crippen LogP contribution in [-0.4, -0.2) is 12.4 Å². The molecular formula is C15H16O2. The average molecular weight is 228 g/mol. The number of aryl methyl sites for hydroxylation is 1. The molecule has 1 atom stereocenters. The van der Waals surface area contributed by atoms with Gasteiger partial charge in [0.2, 0.25) is 5.78 Å². The molecule has 0 saturated heterocycles. The molecule has 0 bridgehead atoms. The molecule has 0 spiro atoms. The number of rotatable bonds is 2. The lowest BCUT2D eigenvalue weighted by atomic mass is 9.80. The Morgan fingerprint density at radius 2 is 2.18 bits per heavy atom. The Balaban J connectivity index is 1.92. The number of ether oxygens (including phenoxy) is 1. The summed E-state index contributed by atoms with van der Waals surface area (Å²) in [5.41, 5.74) is 2.54. The summed E-state index contributed by atoms with van der Waals surface area (Å²) >= 11 is 0. The van der Waals surface area contributed by atoms with Crippen LogP contribution in [0, 0.1) is 0 Å². The summed E-state index contributed by atoms with van der Waals surface area (Å²) in [6.45, 7) is 0.662. The normalized spacial score (nSPS) is 22.6. The lowest BCUT2D eigenvalue weighted by molar-refractivity contribution is -0.120. The Morgan fingerprint density at radius 1 is 1.29 bits per heavy atom. The predicted molar refractivity (Wildman–Crippen MR) is 65.8 cm³/mol. The Bertz CT molecular complexity index is 474. The van der Waals surface area contributed by atoms with Gasteiger partial charge >= 0.3 is 0 Å². The number of Topliss-reactive ketones (excluding diaryl/α,β-unsaturated/α-hetero) is 1. The molecule has 2 aliphatic rings. The van der Waals surface area contributed by atoms with E-state index in [-0.39, 0.29) is 11.7 Å². The minimum absolute atomic E-state index is 0.0179. The standard InChI is InChI=1S/C15H16O2/c16-15(14-9-4-10-17-14)13-8-3-6-11-5-1-2-7-12(11)13/h1-2,5,7,9,13H,3-4,6,8,10H2. The van der Waals surface area contributed by atoms with Crippen molar-refractivity contribution in [2.24, 2.45) is 0 Å². The SMILES string of the molecule is O=C(C1=CCCO1)C1CCCc2ccccc21. The molecule has 0 amide bonds. The summed E-state index contributed by atoms with van der Waals surface area (Å²) in [6, 6.07) is 8.30. The van der Waals surface area contributed by atoms with E-state index in [1.165, 1.54) is 11.1 Å². The third-order valence-corrected chi connectivity index (χ3v) is 3.63. The van der Waals surface area contributed by atoms with Crippen molar-refractivity contribution in [3.05, 3.63) is 47.2 Å². The maximum Gasteiger partial charge on any atom is 0.204 e.